The fourth-order valence-corrected chi connectivity index (χ4v) is 3.37. The van der Waals surface area contributed by atoms with Crippen LogP contribution in [0.1, 0.15) is 41.8 Å². The van der Waals surface area contributed by atoms with E-state index >= 15 is 0 Å². The number of para-hydroxylation sites is 1. The van der Waals surface area contributed by atoms with E-state index in [0.29, 0.717) is 16.3 Å². The number of Topliss-reactive ketones (excluding diaryl/α,β-unsaturated/α-hetero) is 1. The maximum absolute atomic E-state index is 12.8. The molecule has 0 saturated heterocycles. The molecule has 2 aromatic carbocycles. The van der Waals surface area contributed by atoms with Gasteiger partial charge in [0.25, 0.3) is 0 Å². The van der Waals surface area contributed by atoms with Gasteiger partial charge in [-0.1, -0.05) is 29.8 Å². The first kappa shape index (κ1) is 16.7. The standard InChI is InChI=1S/C20H20ClNO2/c1-20(2)12-13-10-14(21)8-9-15(13)17(22-20)11-18(23)16-6-4-5-7-19(16)24-3/h4-10H,11-12H2,1-3H3. The van der Waals surface area contributed by atoms with Gasteiger partial charge in [-0.25, -0.2) is 0 Å². The number of carbonyl (C=O) groups excluding carboxylic acids is 1. The van der Waals surface area contributed by atoms with Crippen molar-refractivity contribution in [3.63, 3.8) is 0 Å². The molecule has 0 fully saturated rings. The lowest BCUT2D eigenvalue weighted by Crippen LogP contribution is -2.30. The molecule has 2 aromatic rings. The predicted molar refractivity (Wildman–Crippen MR) is 97.7 cm³/mol. The smallest absolute Gasteiger partial charge is 0.172 e. The molecule has 0 N–H and O–H groups in total. The van der Waals surface area contributed by atoms with Crippen LogP contribution < -0.4 is 4.74 Å². The van der Waals surface area contributed by atoms with E-state index in [9.17, 15) is 4.79 Å². The molecule has 0 amide bonds. The first-order valence-electron chi connectivity index (χ1n) is 7.93. The Morgan fingerprint density at radius 1 is 1.25 bits per heavy atom. The molecule has 0 saturated carbocycles. The molecule has 0 radical (unpaired) electrons. The number of ketones is 1. The molecule has 24 heavy (non-hydrogen) atoms. The molecule has 1 heterocycles. The van der Waals surface area contributed by atoms with Gasteiger partial charge in [-0.05, 0) is 55.7 Å². The number of aliphatic imine (C=N–C) groups is 1. The Labute approximate surface area is 147 Å². The summed E-state index contributed by atoms with van der Waals surface area (Å²) in [4.78, 5) is 17.6. The Kier molecular flexibility index (Phi) is 4.46. The van der Waals surface area contributed by atoms with E-state index in [2.05, 4.69) is 13.8 Å². The molecule has 1 aliphatic heterocycles. The van der Waals surface area contributed by atoms with Gasteiger partial charge in [-0.3, -0.25) is 9.79 Å². The summed E-state index contributed by atoms with van der Waals surface area (Å²) in [7, 11) is 1.57. The van der Waals surface area contributed by atoms with Crippen LogP contribution in [0.25, 0.3) is 0 Å². The number of benzene rings is 2. The lowest BCUT2D eigenvalue weighted by molar-refractivity contribution is 0.0997. The Balaban J connectivity index is 1.97. The van der Waals surface area contributed by atoms with E-state index in [1.165, 1.54) is 0 Å². The fraction of sp³-hybridized carbons (Fsp3) is 0.300. The average molecular weight is 342 g/mol. The molecule has 0 spiro atoms. The summed E-state index contributed by atoms with van der Waals surface area (Å²) in [6.45, 7) is 4.15. The first-order chi connectivity index (χ1) is 11.4. The second-order valence-corrected chi connectivity index (χ2v) is 7.09. The molecule has 124 valence electrons. The number of ether oxygens (including phenoxy) is 1. The van der Waals surface area contributed by atoms with Gasteiger partial charge in [0.1, 0.15) is 5.75 Å². The third-order valence-corrected chi connectivity index (χ3v) is 4.41. The summed E-state index contributed by atoms with van der Waals surface area (Å²) < 4.78 is 5.30. The van der Waals surface area contributed by atoms with Crippen LogP contribution in [0.2, 0.25) is 5.02 Å². The van der Waals surface area contributed by atoms with Gasteiger partial charge in [0.15, 0.2) is 5.78 Å². The van der Waals surface area contributed by atoms with Crippen LogP contribution in [0.15, 0.2) is 47.5 Å². The van der Waals surface area contributed by atoms with Gasteiger partial charge in [-0.2, -0.15) is 0 Å². The monoisotopic (exact) mass is 341 g/mol. The maximum Gasteiger partial charge on any atom is 0.172 e. The van der Waals surface area contributed by atoms with Crippen LogP contribution >= 0.6 is 11.6 Å². The quantitative estimate of drug-likeness (QED) is 0.753. The van der Waals surface area contributed by atoms with E-state index in [-0.39, 0.29) is 17.7 Å². The largest absolute Gasteiger partial charge is 0.496 e. The highest BCUT2D eigenvalue weighted by Crippen LogP contribution is 2.31. The van der Waals surface area contributed by atoms with Crippen LogP contribution in [-0.2, 0) is 6.42 Å². The average Bonchev–Trinajstić information content (AvgIpc) is 2.53. The Morgan fingerprint density at radius 3 is 2.75 bits per heavy atom. The van der Waals surface area contributed by atoms with Gasteiger partial charge in [0.05, 0.1) is 30.3 Å². The highest BCUT2D eigenvalue weighted by Gasteiger charge is 2.28. The molecule has 1 aliphatic rings. The molecule has 3 nitrogen and oxygen atoms in total. The second kappa shape index (κ2) is 6.40. The van der Waals surface area contributed by atoms with E-state index < -0.39 is 0 Å². The third kappa shape index (κ3) is 3.36. The molecule has 0 bridgehead atoms. The van der Waals surface area contributed by atoms with E-state index in [1.807, 2.05) is 30.3 Å². The zero-order valence-corrected chi connectivity index (χ0v) is 14.9. The fourth-order valence-electron chi connectivity index (χ4n) is 3.18. The van der Waals surface area contributed by atoms with Crippen LogP contribution in [0, 0.1) is 0 Å². The molecule has 4 heteroatoms. The lowest BCUT2D eigenvalue weighted by Gasteiger charge is -2.29. The highest BCUT2D eigenvalue weighted by atomic mass is 35.5. The van der Waals surface area contributed by atoms with Crippen LogP contribution in [0.3, 0.4) is 0 Å². The van der Waals surface area contributed by atoms with Crippen molar-refractivity contribution in [1.82, 2.24) is 0 Å². The Bertz CT molecular complexity index is 824. The van der Waals surface area contributed by atoms with Crippen molar-refractivity contribution in [2.24, 2.45) is 4.99 Å². The summed E-state index contributed by atoms with van der Waals surface area (Å²) >= 11 is 6.14. The van der Waals surface area contributed by atoms with Crippen molar-refractivity contribution in [1.29, 1.82) is 0 Å². The van der Waals surface area contributed by atoms with Gasteiger partial charge in [-0.15, -0.1) is 0 Å². The molecule has 0 aromatic heterocycles. The van der Waals surface area contributed by atoms with Crippen molar-refractivity contribution in [2.75, 3.05) is 7.11 Å². The summed E-state index contributed by atoms with van der Waals surface area (Å²) in [6, 6.07) is 13.1. The molecule has 0 aliphatic carbocycles. The minimum atomic E-state index is -0.242. The SMILES string of the molecule is COc1ccccc1C(=O)CC1=NC(C)(C)Cc2cc(Cl)ccc21. The summed E-state index contributed by atoms with van der Waals surface area (Å²) in [6.07, 6.45) is 1.06. The Hall–Kier alpha value is -2.13. The van der Waals surface area contributed by atoms with Crippen molar-refractivity contribution < 1.29 is 9.53 Å². The molecule has 0 unspecified atom stereocenters. The maximum atomic E-state index is 12.8. The van der Waals surface area contributed by atoms with E-state index in [1.54, 1.807) is 19.2 Å². The summed E-state index contributed by atoms with van der Waals surface area (Å²) in [5, 5.41) is 0.710. The summed E-state index contributed by atoms with van der Waals surface area (Å²) in [5.74, 6) is 0.597. The van der Waals surface area contributed by atoms with Gasteiger partial charge in [0, 0.05) is 5.02 Å². The zero-order valence-electron chi connectivity index (χ0n) is 14.1. The number of halogens is 1. The lowest BCUT2D eigenvalue weighted by atomic mass is 9.85. The van der Waals surface area contributed by atoms with Gasteiger partial charge >= 0.3 is 0 Å². The molecular weight excluding hydrogens is 322 g/mol. The van der Waals surface area contributed by atoms with E-state index in [4.69, 9.17) is 21.3 Å². The van der Waals surface area contributed by atoms with Crippen molar-refractivity contribution in [3.8, 4) is 5.75 Å². The first-order valence-corrected chi connectivity index (χ1v) is 8.31. The van der Waals surface area contributed by atoms with E-state index in [0.717, 1.165) is 23.3 Å². The molecular formula is C20H20ClNO2. The minimum Gasteiger partial charge on any atom is -0.496 e. The third-order valence-electron chi connectivity index (χ3n) is 4.17. The van der Waals surface area contributed by atoms with Crippen molar-refractivity contribution in [2.45, 2.75) is 32.2 Å². The second-order valence-electron chi connectivity index (χ2n) is 6.65. The van der Waals surface area contributed by atoms with Crippen molar-refractivity contribution in [3.05, 3.63) is 64.2 Å². The number of hydrogen-bond acceptors (Lipinski definition) is 3. The molecule has 0 atom stereocenters. The Morgan fingerprint density at radius 2 is 2.00 bits per heavy atom. The predicted octanol–water partition coefficient (Wildman–Crippen LogP) is 4.75. The normalized spacial score (nSPS) is 15.4. The zero-order chi connectivity index (χ0) is 17.3. The number of carbonyl (C=O) groups is 1. The number of fused-ring (bicyclic) bond motifs is 1. The van der Waals surface area contributed by atoms with Crippen LogP contribution in [0.5, 0.6) is 5.75 Å². The summed E-state index contributed by atoms with van der Waals surface area (Å²) in [5.41, 5.74) is 3.32. The van der Waals surface area contributed by atoms with Crippen LogP contribution in [0.4, 0.5) is 0 Å². The number of nitrogens with zero attached hydrogens (tertiary/aromatic N) is 1. The number of hydrogen-bond donors (Lipinski definition) is 0. The number of rotatable bonds is 4. The number of methoxy groups -OCH3 is 1. The highest BCUT2D eigenvalue weighted by molar-refractivity contribution is 6.31. The topological polar surface area (TPSA) is 38.7 Å². The molecule has 3 rings (SSSR count). The van der Waals surface area contributed by atoms with Crippen molar-refractivity contribution >= 4 is 23.1 Å². The van der Waals surface area contributed by atoms with Gasteiger partial charge < -0.3 is 4.74 Å². The minimum absolute atomic E-state index is 0.00444. The van der Waals surface area contributed by atoms with Gasteiger partial charge in [0.2, 0.25) is 0 Å². The van der Waals surface area contributed by atoms with Crippen LogP contribution in [-0.4, -0.2) is 24.1 Å².